The number of imidazole rings is 1. The van der Waals surface area contributed by atoms with Crippen LogP contribution in [0.1, 0.15) is 36.9 Å². The third kappa shape index (κ3) is 10.9. The predicted octanol–water partition coefficient (Wildman–Crippen LogP) is -2.41. The van der Waals surface area contributed by atoms with E-state index in [1.807, 2.05) is 0 Å². The number of nitrogens with one attached hydrogen (secondary N) is 4. The van der Waals surface area contributed by atoms with Crippen molar-refractivity contribution < 1.29 is 33.9 Å². The number of carbonyl (C=O) groups excluding carboxylic acids is 5. The molecule has 0 fully saturated rings. The summed E-state index contributed by atoms with van der Waals surface area (Å²) in [6.07, 6.45) is 1.90. The molecule has 0 aliphatic carbocycles. The van der Waals surface area contributed by atoms with Crippen LogP contribution in [0.3, 0.4) is 0 Å². The number of amides is 5. The number of hydrogen-bond acceptors (Lipinski definition) is 8. The van der Waals surface area contributed by atoms with Gasteiger partial charge in [-0.1, -0.05) is 30.3 Å². The molecule has 1 aromatic heterocycles. The maximum atomic E-state index is 13.2. The number of primary amides is 2. The second-order valence-electron chi connectivity index (χ2n) is 9.11. The monoisotopic (exact) mass is 558 g/mol. The predicted molar refractivity (Wildman–Crippen MR) is 141 cm³/mol. The number of aromatic nitrogens is 2. The minimum atomic E-state index is -1.38. The molecule has 15 heteroatoms. The van der Waals surface area contributed by atoms with Crippen molar-refractivity contribution in [2.24, 2.45) is 17.2 Å². The molecule has 0 aliphatic heterocycles. The number of carboxylic acid groups (broad SMARTS) is 1. The first-order chi connectivity index (χ1) is 19.0. The molecule has 2 rings (SSSR count). The summed E-state index contributed by atoms with van der Waals surface area (Å²) < 4.78 is 0. The first-order valence-electron chi connectivity index (χ1n) is 12.4. The minimum absolute atomic E-state index is 0.0378. The molecule has 4 unspecified atom stereocenters. The van der Waals surface area contributed by atoms with E-state index < -0.39 is 59.7 Å². The Morgan fingerprint density at radius 2 is 1.32 bits per heavy atom. The SMILES string of the molecule is NC(=O)CCC(NC(=O)C(N)Cc1cnc[nH]1)C(=O)NC(CCC(N)=O)C(=O)NC(Cc1ccccc1)C(=O)O. The molecule has 11 N–H and O–H groups in total. The Morgan fingerprint density at radius 1 is 0.800 bits per heavy atom. The van der Waals surface area contributed by atoms with Gasteiger partial charge in [0.1, 0.15) is 18.1 Å². The zero-order valence-corrected chi connectivity index (χ0v) is 21.7. The van der Waals surface area contributed by atoms with E-state index in [0.717, 1.165) is 0 Å². The lowest BCUT2D eigenvalue weighted by Crippen LogP contribution is -2.57. The number of carboxylic acids is 1. The Labute approximate surface area is 229 Å². The number of aliphatic carboxylic acids is 1. The Kier molecular flexibility index (Phi) is 12.2. The van der Waals surface area contributed by atoms with Gasteiger partial charge in [0.15, 0.2) is 0 Å². The molecule has 4 atom stereocenters. The van der Waals surface area contributed by atoms with Gasteiger partial charge < -0.3 is 43.2 Å². The van der Waals surface area contributed by atoms with Gasteiger partial charge in [-0.15, -0.1) is 0 Å². The standard InChI is InChI=1S/C25H34N8O7/c26-16(11-15-12-29-13-30-15)22(36)31-17(6-8-20(27)34)23(37)32-18(7-9-21(28)35)24(38)33-19(25(39)40)10-14-4-2-1-3-5-14/h1-5,12-13,16-19H,6-11,26H2,(H2,27,34)(H2,28,35)(H,29,30)(H,31,36)(H,32,37)(H,33,38)(H,39,40). The summed E-state index contributed by atoms with van der Waals surface area (Å²) >= 11 is 0. The highest BCUT2D eigenvalue weighted by atomic mass is 16.4. The summed E-state index contributed by atoms with van der Waals surface area (Å²) in [4.78, 5) is 80.1. The summed E-state index contributed by atoms with van der Waals surface area (Å²) in [5, 5.41) is 16.9. The number of nitrogens with zero attached hydrogens (tertiary/aromatic N) is 1. The molecule has 0 bridgehead atoms. The highest BCUT2D eigenvalue weighted by molar-refractivity contribution is 5.94. The maximum Gasteiger partial charge on any atom is 0.326 e. The minimum Gasteiger partial charge on any atom is -0.480 e. The molecule has 0 spiro atoms. The second-order valence-corrected chi connectivity index (χ2v) is 9.11. The van der Waals surface area contributed by atoms with Crippen LogP contribution in [0, 0.1) is 0 Å². The topological polar surface area (TPSA) is 265 Å². The molecule has 0 radical (unpaired) electrons. The number of hydrogen-bond donors (Lipinski definition) is 8. The van der Waals surface area contributed by atoms with Crippen LogP contribution in [0.2, 0.25) is 0 Å². The first-order valence-corrected chi connectivity index (χ1v) is 12.4. The fourth-order valence-corrected chi connectivity index (χ4v) is 3.71. The first kappa shape index (κ1) is 31.4. The highest BCUT2D eigenvalue weighted by Gasteiger charge is 2.31. The summed E-state index contributed by atoms with van der Waals surface area (Å²) in [5.41, 5.74) is 17.6. The Morgan fingerprint density at radius 3 is 1.80 bits per heavy atom. The van der Waals surface area contributed by atoms with Crippen molar-refractivity contribution in [3.8, 4) is 0 Å². The van der Waals surface area contributed by atoms with Gasteiger partial charge in [-0.3, -0.25) is 24.0 Å². The van der Waals surface area contributed by atoms with Gasteiger partial charge >= 0.3 is 5.97 Å². The molecule has 0 saturated carbocycles. The van der Waals surface area contributed by atoms with E-state index in [2.05, 4.69) is 25.9 Å². The molecular weight excluding hydrogens is 524 g/mol. The fourth-order valence-electron chi connectivity index (χ4n) is 3.71. The molecule has 0 aliphatic rings. The molecule has 2 aromatic rings. The maximum absolute atomic E-state index is 13.2. The van der Waals surface area contributed by atoms with E-state index in [0.29, 0.717) is 11.3 Å². The van der Waals surface area contributed by atoms with Crippen molar-refractivity contribution in [2.45, 2.75) is 62.7 Å². The van der Waals surface area contributed by atoms with E-state index in [-0.39, 0.29) is 38.5 Å². The van der Waals surface area contributed by atoms with E-state index in [1.54, 1.807) is 30.3 Å². The fraction of sp³-hybridized carbons (Fsp3) is 0.400. The van der Waals surface area contributed by atoms with Gasteiger partial charge in [-0.05, 0) is 18.4 Å². The average molecular weight is 559 g/mol. The van der Waals surface area contributed by atoms with Crippen LogP contribution in [0.4, 0.5) is 0 Å². The van der Waals surface area contributed by atoms with Gasteiger partial charge in [0.2, 0.25) is 29.5 Å². The van der Waals surface area contributed by atoms with Crippen molar-refractivity contribution in [1.29, 1.82) is 0 Å². The van der Waals surface area contributed by atoms with Crippen LogP contribution in [0.5, 0.6) is 0 Å². The number of benzene rings is 1. The van der Waals surface area contributed by atoms with Crippen LogP contribution in [-0.2, 0) is 41.6 Å². The second kappa shape index (κ2) is 15.6. The third-order valence-electron chi connectivity index (χ3n) is 5.85. The largest absolute Gasteiger partial charge is 0.480 e. The van der Waals surface area contributed by atoms with Gasteiger partial charge in [-0.25, -0.2) is 9.78 Å². The Hall–Kier alpha value is -4.79. The average Bonchev–Trinajstić information content (AvgIpc) is 3.41. The zero-order valence-electron chi connectivity index (χ0n) is 21.7. The Balaban J connectivity index is 2.16. The van der Waals surface area contributed by atoms with Crippen molar-refractivity contribution in [2.75, 3.05) is 0 Å². The van der Waals surface area contributed by atoms with E-state index in [9.17, 15) is 33.9 Å². The van der Waals surface area contributed by atoms with Crippen LogP contribution in [0.15, 0.2) is 42.9 Å². The summed E-state index contributed by atoms with van der Waals surface area (Å²) in [6.45, 7) is 0. The van der Waals surface area contributed by atoms with Gasteiger partial charge in [-0.2, -0.15) is 0 Å². The number of carbonyl (C=O) groups is 6. The van der Waals surface area contributed by atoms with Gasteiger partial charge in [0, 0.05) is 37.6 Å². The van der Waals surface area contributed by atoms with Crippen molar-refractivity contribution in [1.82, 2.24) is 25.9 Å². The summed E-state index contributed by atoms with van der Waals surface area (Å²) in [6, 6.07) is 3.45. The van der Waals surface area contributed by atoms with Gasteiger partial charge in [0.25, 0.3) is 0 Å². The normalized spacial score (nSPS) is 13.7. The number of H-pyrrole nitrogens is 1. The molecule has 0 saturated heterocycles. The lowest BCUT2D eigenvalue weighted by molar-refractivity contribution is -0.142. The molecule has 15 nitrogen and oxygen atoms in total. The zero-order chi connectivity index (χ0) is 29.7. The van der Waals surface area contributed by atoms with Gasteiger partial charge in [0.05, 0.1) is 12.4 Å². The number of rotatable bonds is 17. The van der Waals surface area contributed by atoms with Crippen LogP contribution in [-0.4, -0.2) is 74.7 Å². The van der Waals surface area contributed by atoms with Crippen LogP contribution < -0.4 is 33.2 Å². The van der Waals surface area contributed by atoms with E-state index >= 15 is 0 Å². The Bertz CT molecular complexity index is 1170. The molecule has 216 valence electrons. The lowest BCUT2D eigenvalue weighted by Gasteiger charge is -2.25. The molecule has 1 heterocycles. The van der Waals surface area contributed by atoms with Crippen LogP contribution >= 0.6 is 0 Å². The molecule has 40 heavy (non-hydrogen) atoms. The number of nitrogens with two attached hydrogens (primary N) is 3. The highest BCUT2D eigenvalue weighted by Crippen LogP contribution is 2.07. The molecule has 1 aromatic carbocycles. The van der Waals surface area contributed by atoms with E-state index in [4.69, 9.17) is 17.2 Å². The van der Waals surface area contributed by atoms with Crippen LogP contribution in [0.25, 0.3) is 0 Å². The summed E-state index contributed by atoms with van der Waals surface area (Å²) in [7, 11) is 0. The van der Waals surface area contributed by atoms with E-state index in [1.165, 1.54) is 12.5 Å². The molecule has 5 amide bonds. The van der Waals surface area contributed by atoms with Crippen molar-refractivity contribution in [3.05, 3.63) is 54.1 Å². The summed E-state index contributed by atoms with van der Waals surface area (Å²) in [5.74, 6) is -5.27. The smallest absolute Gasteiger partial charge is 0.326 e. The quantitative estimate of drug-likeness (QED) is 0.103. The van der Waals surface area contributed by atoms with Crippen molar-refractivity contribution >= 4 is 35.5 Å². The number of aromatic amines is 1. The molecular formula is C25H34N8O7. The lowest BCUT2D eigenvalue weighted by atomic mass is 10.0. The van der Waals surface area contributed by atoms with Crippen molar-refractivity contribution in [3.63, 3.8) is 0 Å². The third-order valence-corrected chi connectivity index (χ3v) is 5.85.